The molecule has 0 aliphatic carbocycles. The van der Waals surface area contributed by atoms with Gasteiger partial charge in [0.1, 0.15) is 17.2 Å². The number of hydrogen-bond donors (Lipinski definition) is 0. The molecule has 2 atom stereocenters. The van der Waals surface area contributed by atoms with Crippen LogP contribution in [-0.2, 0) is 11.0 Å². The van der Waals surface area contributed by atoms with Crippen molar-refractivity contribution in [2.75, 3.05) is 20.2 Å². The van der Waals surface area contributed by atoms with E-state index in [1.54, 1.807) is 49.3 Å². The first-order chi connectivity index (χ1) is 15.2. The second-order valence-corrected chi connectivity index (χ2v) is 7.83. The molecule has 1 aliphatic rings. The Morgan fingerprint density at radius 3 is 2.69 bits per heavy atom. The molecule has 32 heavy (non-hydrogen) atoms. The summed E-state index contributed by atoms with van der Waals surface area (Å²) in [6.07, 6.45) is -4.66. The van der Waals surface area contributed by atoms with Gasteiger partial charge in [-0.2, -0.15) is 18.3 Å². The smallest absolute Gasteiger partial charge is 0.433 e. The minimum absolute atomic E-state index is 0.145. The highest BCUT2D eigenvalue weighted by molar-refractivity contribution is 5.81. The molecule has 0 saturated carbocycles. The number of aryl methyl sites for hydroxylation is 1. The normalized spacial score (nSPS) is 17.6. The van der Waals surface area contributed by atoms with E-state index < -0.39 is 18.0 Å². The van der Waals surface area contributed by atoms with Crippen LogP contribution < -0.4 is 9.47 Å². The monoisotopic (exact) mass is 448 g/mol. The van der Waals surface area contributed by atoms with Gasteiger partial charge >= 0.3 is 6.18 Å². The number of aromatic nitrogens is 3. The fourth-order valence-electron chi connectivity index (χ4n) is 3.91. The number of rotatable bonds is 5. The highest BCUT2D eigenvalue weighted by atomic mass is 19.4. The van der Waals surface area contributed by atoms with Gasteiger partial charge in [0.2, 0.25) is 0 Å². The quantitative estimate of drug-likeness (QED) is 0.593. The predicted octanol–water partition coefficient (Wildman–Crippen LogP) is 3.85. The van der Waals surface area contributed by atoms with Gasteiger partial charge in [-0.25, -0.2) is 9.50 Å². The lowest BCUT2D eigenvalue weighted by Gasteiger charge is -2.22. The first-order valence-corrected chi connectivity index (χ1v) is 10.2. The summed E-state index contributed by atoms with van der Waals surface area (Å²) in [6.45, 7) is 4.01. The van der Waals surface area contributed by atoms with Crippen LogP contribution in [-0.4, -0.2) is 51.7 Å². The van der Waals surface area contributed by atoms with E-state index in [1.165, 1.54) is 6.92 Å². The fourth-order valence-corrected chi connectivity index (χ4v) is 3.91. The average molecular weight is 448 g/mol. The topological polar surface area (TPSA) is 69.0 Å². The van der Waals surface area contributed by atoms with Crippen molar-refractivity contribution in [1.82, 2.24) is 19.5 Å². The van der Waals surface area contributed by atoms with Crippen molar-refractivity contribution >= 4 is 11.6 Å². The maximum absolute atomic E-state index is 13.4. The number of amides is 1. The Morgan fingerprint density at radius 2 is 1.97 bits per heavy atom. The van der Waals surface area contributed by atoms with Crippen molar-refractivity contribution in [2.45, 2.75) is 38.5 Å². The third-order valence-corrected chi connectivity index (χ3v) is 5.48. The molecule has 0 N–H and O–H groups in total. The van der Waals surface area contributed by atoms with Gasteiger partial charge in [0.05, 0.1) is 12.8 Å². The molecule has 2 aromatic heterocycles. The molecule has 170 valence electrons. The summed E-state index contributed by atoms with van der Waals surface area (Å²) < 4.78 is 52.0. The summed E-state index contributed by atoms with van der Waals surface area (Å²) in [7, 11) is 1.55. The van der Waals surface area contributed by atoms with Crippen molar-refractivity contribution in [3.8, 4) is 11.5 Å². The molecule has 0 spiro atoms. The van der Waals surface area contributed by atoms with E-state index in [-0.39, 0.29) is 23.2 Å². The molecule has 4 rings (SSSR count). The number of alkyl halides is 3. The van der Waals surface area contributed by atoms with Crippen LogP contribution >= 0.6 is 0 Å². The molecule has 1 aliphatic heterocycles. The zero-order valence-electron chi connectivity index (χ0n) is 17.9. The maximum atomic E-state index is 13.4. The standard InChI is InChI=1S/C22H23F3N4O3/c1-13-9-19(22(23,24)25)29-20(26-13)11-18(27-29)15-7-8-28(12-15)21(30)14(2)32-17-6-4-5-16(10-17)31-3/h4-6,9-11,14-15H,7-8,12H2,1-3H3/t14-,15+/m1/s1. The number of ether oxygens (including phenoxy) is 2. The van der Waals surface area contributed by atoms with Crippen LogP contribution in [0.4, 0.5) is 13.2 Å². The SMILES string of the molecule is COc1cccc(O[C@H](C)C(=O)N2CC[C@H](c3cc4nc(C)cc(C(F)(F)F)n4n3)C2)c1. The van der Waals surface area contributed by atoms with E-state index in [1.807, 2.05) is 0 Å². The summed E-state index contributed by atoms with van der Waals surface area (Å²) >= 11 is 0. The Kier molecular flexibility index (Phi) is 5.70. The van der Waals surface area contributed by atoms with Crippen LogP contribution in [0, 0.1) is 6.92 Å². The first-order valence-electron chi connectivity index (χ1n) is 10.2. The Bertz CT molecular complexity index is 1150. The predicted molar refractivity (Wildman–Crippen MR) is 110 cm³/mol. The van der Waals surface area contributed by atoms with Crippen molar-refractivity contribution in [2.24, 2.45) is 0 Å². The fraction of sp³-hybridized carbons (Fsp3) is 0.409. The van der Waals surface area contributed by atoms with E-state index in [0.717, 1.165) is 10.6 Å². The van der Waals surface area contributed by atoms with Gasteiger partial charge in [-0.1, -0.05) is 6.07 Å². The first kappa shape index (κ1) is 21.9. The molecular weight excluding hydrogens is 425 g/mol. The summed E-state index contributed by atoms with van der Waals surface area (Å²) in [4.78, 5) is 18.7. The van der Waals surface area contributed by atoms with Gasteiger partial charge in [0, 0.05) is 36.8 Å². The number of carbonyl (C=O) groups excluding carboxylic acids is 1. The number of likely N-dealkylation sites (tertiary alicyclic amines) is 1. The third-order valence-electron chi connectivity index (χ3n) is 5.48. The number of benzene rings is 1. The molecule has 1 amide bonds. The Labute approximate surface area is 182 Å². The summed E-state index contributed by atoms with van der Waals surface area (Å²) in [5, 5.41) is 4.18. The third kappa shape index (κ3) is 4.35. The van der Waals surface area contributed by atoms with Gasteiger partial charge in [-0.15, -0.1) is 0 Å². The van der Waals surface area contributed by atoms with Crippen LogP contribution in [0.1, 0.15) is 36.3 Å². The van der Waals surface area contributed by atoms with E-state index in [4.69, 9.17) is 9.47 Å². The molecule has 1 aromatic carbocycles. The van der Waals surface area contributed by atoms with E-state index in [2.05, 4.69) is 10.1 Å². The summed E-state index contributed by atoms with van der Waals surface area (Å²) in [5.74, 6) is 0.773. The number of halogens is 3. The van der Waals surface area contributed by atoms with Crippen molar-refractivity contribution in [3.05, 3.63) is 53.5 Å². The van der Waals surface area contributed by atoms with Gasteiger partial charge in [-0.05, 0) is 38.5 Å². The molecular formula is C22H23F3N4O3. The number of fused-ring (bicyclic) bond motifs is 1. The lowest BCUT2D eigenvalue weighted by atomic mass is 10.1. The molecule has 10 heteroatoms. The highest BCUT2D eigenvalue weighted by Crippen LogP contribution is 2.32. The van der Waals surface area contributed by atoms with Gasteiger partial charge in [-0.3, -0.25) is 4.79 Å². The number of methoxy groups -OCH3 is 1. The second-order valence-electron chi connectivity index (χ2n) is 7.83. The second kappa shape index (κ2) is 8.33. The van der Waals surface area contributed by atoms with Gasteiger partial charge in [0.15, 0.2) is 11.8 Å². The minimum Gasteiger partial charge on any atom is -0.497 e. The van der Waals surface area contributed by atoms with Crippen LogP contribution in [0.3, 0.4) is 0 Å². The molecule has 3 aromatic rings. The van der Waals surface area contributed by atoms with Crippen LogP contribution in [0.15, 0.2) is 36.4 Å². The minimum atomic E-state index is -4.54. The molecule has 0 bridgehead atoms. The van der Waals surface area contributed by atoms with Crippen LogP contribution in [0.25, 0.3) is 5.65 Å². The lowest BCUT2D eigenvalue weighted by molar-refractivity contribution is -0.142. The molecule has 0 radical (unpaired) electrons. The van der Waals surface area contributed by atoms with Crippen molar-refractivity contribution < 1.29 is 27.4 Å². The van der Waals surface area contributed by atoms with E-state index >= 15 is 0 Å². The number of hydrogen-bond acceptors (Lipinski definition) is 5. The van der Waals surface area contributed by atoms with Gasteiger partial charge < -0.3 is 14.4 Å². The summed E-state index contributed by atoms with van der Waals surface area (Å²) in [5.41, 5.74) is 0.0394. The highest BCUT2D eigenvalue weighted by Gasteiger charge is 2.36. The number of nitrogens with zero attached hydrogens (tertiary/aromatic N) is 4. The van der Waals surface area contributed by atoms with E-state index in [0.29, 0.717) is 36.7 Å². The van der Waals surface area contributed by atoms with Gasteiger partial charge in [0.25, 0.3) is 5.91 Å². The zero-order valence-corrected chi connectivity index (χ0v) is 17.9. The molecule has 0 unspecified atom stereocenters. The zero-order chi connectivity index (χ0) is 23.0. The van der Waals surface area contributed by atoms with Crippen LogP contribution in [0.2, 0.25) is 0 Å². The maximum Gasteiger partial charge on any atom is 0.433 e. The molecule has 7 nitrogen and oxygen atoms in total. The molecule has 3 heterocycles. The van der Waals surface area contributed by atoms with Crippen molar-refractivity contribution in [1.29, 1.82) is 0 Å². The Balaban J connectivity index is 1.48. The molecule has 1 fully saturated rings. The van der Waals surface area contributed by atoms with E-state index in [9.17, 15) is 18.0 Å². The largest absolute Gasteiger partial charge is 0.497 e. The average Bonchev–Trinajstić information content (AvgIpc) is 3.39. The summed E-state index contributed by atoms with van der Waals surface area (Å²) in [6, 6.07) is 9.53. The number of carbonyl (C=O) groups is 1. The Morgan fingerprint density at radius 1 is 1.22 bits per heavy atom. The van der Waals surface area contributed by atoms with Crippen molar-refractivity contribution in [3.63, 3.8) is 0 Å². The lowest BCUT2D eigenvalue weighted by Crippen LogP contribution is -2.39. The Hall–Kier alpha value is -3.30. The van der Waals surface area contributed by atoms with Crippen LogP contribution in [0.5, 0.6) is 11.5 Å². The molecule has 1 saturated heterocycles.